The maximum Gasteiger partial charge on any atom is 0.0682 e. The SMILES string of the molecule is CC1CC2CC(CN3CC(O)CC3C)CCC2CN1C. The molecule has 2 saturated heterocycles. The van der Waals surface area contributed by atoms with Gasteiger partial charge in [-0.15, -0.1) is 0 Å². The zero-order valence-corrected chi connectivity index (χ0v) is 13.5. The van der Waals surface area contributed by atoms with Gasteiger partial charge >= 0.3 is 0 Å². The summed E-state index contributed by atoms with van der Waals surface area (Å²) in [5.74, 6) is 2.79. The van der Waals surface area contributed by atoms with Crippen molar-refractivity contribution in [3.05, 3.63) is 0 Å². The Labute approximate surface area is 124 Å². The van der Waals surface area contributed by atoms with Gasteiger partial charge in [0, 0.05) is 31.7 Å². The van der Waals surface area contributed by atoms with Crippen LogP contribution in [0.2, 0.25) is 0 Å². The fraction of sp³-hybridized carbons (Fsp3) is 1.00. The number of likely N-dealkylation sites (tertiary alicyclic amines) is 2. The van der Waals surface area contributed by atoms with Crippen molar-refractivity contribution in [2.24, 2.45) is 17.8 Å². The number of nitrogens with zero attached hydrogens (tertiary/aromatic N) is 2. The summed E-state index contributed by atoms with van der Waals surface area (Å²) in [5.41, 5.74) is 0. The molecular formula is C17H32N2O. The molecule has 0 amide bonds. The number of aliphatic hydroxyl groups excluding tert-OH is 1. The Hall–Kier alpha value is -0.120. The topological polar surface area (TPSA) is 26.7 Å². The van der Waals surface area contributed by atoms with Crippen LogP contribution in [0, 0.1) is 17.8 Å². The summed E-state index contributed by atoms with van der Waals surface area (Å²) in [6.07, 6.45) is 6.56. The summed E-state index contributed by atoms with van der Waals surface area (Å²) in [5, 5.41) is 9.80. The maximum absolute atomic E-state index is 9.80. The van der Waals surface area contributed by atoms with Crippen molar-refractivity contribution in [2.45, 2.75) is 64.1 Å². The molecule has 0 aromatic heterocycles. The molecule has 6 unspecified atom stereocenters. The Kier molecular flexibility index (Phi) is 4.40. The van der Waals surface area contributed by atoms with E-state index in [0.717, 1.165) is 36.8 Å². The second kappa shape index (κ2) is 5.94. The minimum Gasteiger partial charge on any atom is -0.392 e. The first-order valence-corrected chi connectivity index (χ1v) is 8.65. The van der Waals surface area contributed by atoms with E-state index < -0.39 is 0 Å². The fourth-order valence-electron chi connectivity index (χ4n) is 4.94. The quantitative estimate of drug-likeness (QED) is 0.840. The third-order valence-electron chi connectivity index (χ3n) is 6.34. The lowest BCUT2D eigenvalue weighted by Gasteiger charge is -2.46. The average molecular weight is 280 g/mol. The number of piperidine rings is 1. The molecule has 0 spiro atoms. The van der Waals surface area contributed by atoms with Crippen LogP contribution >= 0.6 is 0 Å². The predicted octanol–water partition coefficient (Wildman–Crippen LogP) is 2.20. The van der Waals surface area contributed by atoms with Gasteiger partial charge in [0.15, 0.2) is 0 Å². The smallest absolute Gasteiger partial charge is 0.0682 e. The average Bonchev–Trinajstić information content (AvgIpc) is 2.70. The summed E-state index contributed by atoms with van der Waals surface area (Å²) in [4.78, 5) is 5.09. The number of aliphatic hydroxyl groups is 1. The normalized spacial score (nSPS) is 47.4. The number of fused-ring (bicyclic) bond motifs is 1. The van der Waals surface area contributed by atoms with Crippen molar-refractivity contribution in [3.8, 4) is 0 Å². The Morgan fingerprint density at radius 2 is 1.75 bits per heavy atom. The van der Waals surface area contributed by atoms with Crippen molar-refractivity contribution in [1.29, 1.82) is 0 Å². The molecule has 0 aromatic carbocycles. The number of β-amino-alcohol motifs (C(OH)–C–C–N with tert-alkyl or cyclic N) is 1. The molecule has 6 atom stereocenters. The Morgan fingerprint density at radius 1 is 0.950 bits per heavy atom. The first kappa shape index (κ1) is 14.8. The van der Waals surface area contributed by atoms with Crippen LogP contribution in [0.25, 0.3) is 0 Å². The molecule has 2 heterocycles. The highest BCUT2D eigenvalue weighted by Crippen LogP contribution is 2.41. The molecule has 3 heteroatoms. The van der Waals surface area contributed by atoms with E-state index in [4.69, 9.17) is 0 Å². The van der Waals surface area contributed by atoms with Crippen LogP contribution in [-0.2, 0) is 0 Å². The van der Waals surface area contributed by atoms with Gasteiger partial charge in [0.1, 0.15) is 0 Å². The lowest BCUT2D eigenvalue weighted by Crippen LogP contribution is -2.47. The van der Waals surface area contributed by atoms with Crippen LogP contribution in [0.15, 0.2) is 0 Å². The highest BCUT2D eigenvalue weighted by atomic mass is 16.3. The van der Waals surface area contributed by atoms with Crippen LogP contribution < -0.4 is 0 Å². The van der Waals surface area contributed by atoms with E-state index in [0.29, 0.717) is 6.04 Å². The molecule has 3 aliphatic rings. The summed E-state index contributed by atoms with van der Waals surface area (Å²) < 4.78 is 0. The van der Waals surface area contributed by atoms with Gasteiger partial charge in [0.05, 0.1) is 6.10 Å². The highest BCUT2D eigenvalue weighted by molar-refractivity contribution is 4.91. The molecule has 116 valence electrons. The zero-order valence-electron chi connectivity index (χ0n) is 13.5. The Morgan fingerprint density at radius 3 is 2.45 bits per heavy atom. The third-order valence-corrected chi connectivity index (χ3v) is 6.34. The number of hydrogen-bond donors (Lipinski definition) is 1. The van der Waals surface area contributed by atoms with Crippen LogP contribution in [0.3, 0.4) is 0 Å². The van der Waals surface area contributed by atoms with Gasteiger partial charge in [-0.05, 0) is 70.8 Å². The second-order valence-electron chi connectivity index (χ2n) is 7.92. The summed E-state index contributed by atoms with van der Waals surface area (Å²) in [7, 11) is 2.29. The molecule has 0 aromatic rings. The van der Waals surface area contributed by atoms with Gasteiger partial charge in [0.25, 0.3) is 0 Å². The molecule has 20 heavy (non-hydrogen) atoms. The molecule has 1 aliphatic carbocycles. The molecule has 3 nitrogen and oxygen atoms in total. The summed E-state index contributed by atoms with van der Waals surface area (Å²) in [6, 6.07) is 1.35. The molecule has 2 aliphatic heterocycles. The predicted molar refractivity (Wildman–Crippen MR) is 82.7 cm³/mol. The Balaban J connectivity index is 1.53. The second-order valence-corrected chi connectivity index (χ2v) is 7.92. The summed E-state index contributed by atoms with van der Waals surface area (Å²) in [6.45, 7) is 8.12. The lowest BCUT2D eigenvalue weighted by atomic mass is 9.69. The van der Waals surface area contributed by atoms with E-state index in [-0.39, 0.29) is 6.10 Å². The van der Waals surface area contributed by atoms with Gasteiger partial charge in [-0.2, -0.15) is 0 Å². The van der Waals surface area contributed by atoms with Crippen LogP contribution in [0.5, 0.6) is 0 Å². The minimum absolute atomic E-state index is 0.0790. The van der Waals surface area contributed by atoms with Gasteiger partial charge < -0.3 is 10.0 Å². The summed E-state index contributed by atoms with van der Waals surface area (Å²) >= 11 is 0. The van der Waals surface area contributed by atoms with Crippen LogP contribution in [-0.4, -0.2) is 59.8 Å². The molecule has 1 saturated carbocycles. The largest absolute Gasteiger partial charge is 0.392 e. The lowest BCUT2D eigenvalue weighted by molar-refractivity contribution is 0.0360. The maximum atomic E-state index is 9.80. The van der Waals surface area contributed by atoms with Gasteiger partial charge in [0.2, 0.25) is 0 Å². The van der Waals surface area contributed by atoms with Gasteiger partial charge in [-0.3, -0.25) is 4.90 Å². The van der Waals surface area contributed by atoms with Crippen LogP contribution in [0.4, 0.5) is 0 Å². The first-order valence-electron chi connectivity index (χ1n) is 8.65. The first-order chi connectivity index (χ1) is 9.52. The molecule has 3 fully saturated rings. The van der Waals surface area contributed by atoms with Crippen molar-refractivity contribution in [3.63, 3.8) is 0 Å². The van der Waals surface area contributed by atoms with Crippen molar-refractivity contribution in [2.75, 3.05) is 26.7 Å². The van der Waals surface area contributed by atoms with E-state index in [1.54, 1.807) is 0 Å². The molecule has 0 radical (unpaired) electrons. The minimum atomic E-state index is -0.0790. The third kappa shape index (κ3) is 3.05. The van der Waals surface area contributed by atoms with Crippen molar-refractivity contribution in [1.82, 2.24) is 9.80 Å². The molecule has 3 rings (SSSR count). The highest BCUT2D eigenvalue weighted by Gasteiger charge is 2.38. The molecule has 1 N–H and O–H groups in total. The van der Waals surface area contributed by atoms with Crippen molar-refractivity contribution < 1.29 is 5.11 Å². The molecule has 0 bridgehead atoms. The van der Waals surface area contributed by atoms with Crippen LogP contribution in [0.1, 0.15) is 46.0 Å². The zero-order chi connectivity index (χ0) is 14.3. The van der Waals surface area contributed by atoms with E-state index in [1.807, 2.05) is 0 Å². The standard InChI is InChI=1S/C17H32N2O/c1-12-6-16-8-14(4-5-15(16)10-18(12)3)9-19-11-17(20)7-13(19)2/h12-17,20H,4-11H2,1-3H3. The Bertz CT molecular complexity index is 335. The monoisotopic (exact) mass is 280 g/mol. The van der Waals surface area contributed by atoms with E-state index >= 15 is 0 Å². The van der Waals surface area contributed by atoms with E-state index in [9.17, 15) is 5.11 Å². The number of rotatable bonds is 2. The van der Waals surface area contributed by atoms with E-state index in [1.165, 1.54) is 38.8 Å². The number of hydrogen-bond acceptors (Lipinski definition) is 3. The van der Waals surface area contributed by atoms with Gasteiger partial charge in [-0.25, -0.2) is 0 Å². The van der Waals surface area contributed by atoms with Crippen molar-refractivity contribution >= 4 is 0 Å². The fourth-order valence-corrected chi connectivity index (χ4v) is 4.94. The molecular weight excluding hydrogens is 248 g/mol. The van der Waals surface area contributed by atoms with Gasteiger partial charge in [-0.1, -0.05) is 0 Å². The van der Waals surface area contributed by atoms with E-state index in [2.05, 4.69) is 30.7 Å².